The predicted octanol–water partition coefficient (Wildman–Crippen LogP) is 4.32. The molecule has 0 unspecified atom stereocenters. The third-order valence-corrected chi connectivity index (χ3v) is 4.72. The zero-order chi connectivity index (χ0) is 21.3. The number of hydrogen-bond acceptors (Lipinski definition) is 3. The van der Waals surface area contributed by atoms with Crippen LogP contribution in [0.2, 0.25) is 0 Å². The summed E-state index contributed by atoms with van der Waals surface area (Å²) in [6.45, 7) is 7.66. The molecule has 0 atom stereocenters. The van der Waals surface area contributed by atoms with E-state index in [9.17, 15) is 9.59 Å². The summed E-state index contributed by atoms with van der Waals surface area (Å²) in [4.78, 5) is 24.8. The van der Waals surface area contributed by atoms with Gasteiger partial charge in [-0.1, -0.05) is 57.2 Å². The highest BCUT2D eigenvalue weighted by molar-refractivity contribution is 6.03. The zero-order valence-electron chi connectivity index (χ0n) is 17.9. The molecular formula is C24H32N2O3. The molecule has 0 spiro atoms. The van der Waals surface area contributed by atoms with Crippen LogP contribution in [0.4, 0.5) is 5.69 Å². The number of amides is 2. The van der Waals surface area contributed by atoms with E-state index >= 15 is 0 Å². The van der Waals surface area contributed by atoms with Crippen LogP contribution in [0, 0.1) is 0 Å². The van der Waals surface area contributed by atoms with Gasteiger partial charge in [0.05, 0.1) is 11.3 Å². The van der Waals surface area contributed by atoms with Gasteiger partial charge in [-0.25, -0.2) is 0 Å². The molecule has 5 heteroatoms. The van der Waals surface area contributed by atoms with Gasteiger partial charge in [0, 0.05) is 26.7 Å². The molecule has 0 aliphatic carbocycles. The molecule has 0 fully saturated rings. The van der Waals surface area contributed by atoms with Crippen LogP contribution in [0.15, 0.2) is 48.5 Å². The standard InChI is InChI=1S/C24H32N2O3/c1-24(2,3)19-13-10-18(11-14-19)12-15-22(27)26-21-9-6-5-8-20(21)23(28)25-16-7-17-29-4/h5-6,8-11,13-14H,7,12,15-17H2,1-4H3,(H,25,28)(H,26,27). The number of aryl methyl sites for hydroxylation is 1. The fraction of sp³-hybridized carbons (Fsp3) is 0.417. The van der Waals surface area contributed by atoms with E-state index < -0.39 is 0 Å². The predicted molar refractivity (Wildman–Crippen MR) is 117 cm³/mol. The number of carbonyl (C=O) groups excluding carboxylic acids is 2. The van der Waals surface area contributed by atoms with E-state index in [1.54, 1.807) is 25.3 Å². The fourth-order valence-corrected chi connectivity index (χ4v) is 2.95. The molecule has 2 aromatic carbocycles. The smallest absolute Gasteiger partial charge is 0.253 e. The molecule has 0 radical (unpaired) electrons. The second-order valence-electron chi connectivity index (χ2n) is 8.14. The molecule has 0 aliphatic rings. The van der Waals surface area contributed by atoms with E-state index in [1.807, 2.05) is 6.07 Å². The lowest BCUT2D eigenvalue weighted by atomic mass is 9.86. The van der Waals surface area contributed by atoms with Gasteiger partial charge < -0.3 is 15.4 Å². The Hall–Kier alpha value is -2.66. The molecular weight excluding hydrogens is 364 g/mol. The Labute approximate surface area is 173 Å². The first-order chi connectivity index (χ1) is 13.8. The molecule has 2 amide bonds. The van der Waals surface area contributed by atoms with Crippen LogP contribution in [0.3, 0.4) is 0 Å². The van der Waals surface area contributed by atoms with Crippen LogP contribution in [-0.4, -0.2) is 32.1 Å². The van der Waals surface area contributed by atoms with Crippen molar-refractivity contribution in [2.75, 3.05) is 25.6 Å². The number of rotatable bonds is 9. The van der Waals surface area contributed by atoms with Gasteiger partial charge in [0.1, 0.15) is 0 Å². The molecule has 2 aromatic rings. The molecule has 156 valence electrons. The van der Waals surface area contributed by atoms with Crippen molar-refractivity contribution in [2.24, 2.45) is 0 Å². The second-order valence-corrected chi connectivity index (χ2v) is 8.14. The first-order valence-corrected chi connectivity index (χ1v) is 10.1. The summed E-state index contributed by atoms with van der Waals surface area (Å²) in [5, 5.41) is 5.73. The number of methoxy groups -OCH3 is 1. The molecule has 0 aromatic heterocycles. The Bertz CT molecular complexity index is 808. The third-order valence-electron chi connectivity index (χ3n) is 4.72. The van der Waals surface area contributed by atoms with Gasteiger partial charge in [-0.3, -0.25) is 9.59 Å². The molecule has 5 nitrogen and oxygen atoms in total. The SMILES string of the molecule is COCCCNC(=O)c1ccccc1NC(=O)CCc1ccc(C(C)(C)C)cc1. The van der Waals surface area contributed by atoms with Crippen molar-refractivity contribution in [1.29, 1.82) is 0 Å². The molecule has 2 rings (SSSR count). The van der Waals surface area contributed by atoms with Crippen LogP contribution in [0.5, 0.6) is 0 Å². The highest BCUT2D eigenvalue weighted by atomic mass is 16.5. The topological polar surface area (TPSA) is 67.4 Å². The van der Waals surface area contributed by atoms with Crippen LogP contribution in [0.1, 0.15) is 55.1 Å². The second kappa shape index (κ2) is 10.8. The minimum Gasteiger partial charge on any atom is -0.385 e. The van der Waals surface area contributed by atoms with Gasteiger partial charge >= 0.3 is 0 Å². The lowest BCUT2D eigenvalue weighted by molar-refractivity contribution is -0.116. The molecule has 0 heterocycles. The fourth-order valence-electron chi connectivity index (χ4n) is 2.95. The van der Waals surface area contributed by atoms with Crippen molar-refractivity contribution < 1.29 is 14.3 Å². The van der Waals surface area contributed by atoms with Gasteiger partial charge in [0.2, 0.25) is 5.91 Å². The number of anilines is 1. The quantitative estimate of drug-likeness (QED) is 0.620. The van der Waals surface area contributed by atoms with E-state index in [-0.39, 0.29) is 17.2 Å². The number of ether oxygens (including phenoxy) is 1. The first kappa shape index (κ1) is 22.6. The Morgan fingerprint density at radius 1 is 1.00 bits per heavy atom. The summed E-state index contributed by atoms with van der Waals surface area (Å²) >= 11 is 0. The Morgan fingerprint density at radius 3 is 2.34 bits per heavy atom. The van der Waals surface area contributed by atoms with Crippen LogP contribution in [0.25, 0.3) is 0 Å². The highest BCUT2D eigenvalue weighted by Gasteiger charge is 2.14. The molecule has 0 aliphatic heterocycles. The molecule has 29 heavy (non-hydrogen) atoms. The summed E-state index contributed by atoms with van der Waals surface area (Å²) in [6.07, 6.45) is 1.76. The first-order valence-electron chi connectivity index (χ1n) is 10.1. The third kappa shape index (κ3) is 7.35. The number of para-hydroxylation sites is 1. The lowest BCUT2D eigenvalue weighted by Gasteiger charge is -2.19. The van der Waals surface area contributed by atoms with E-state index in [4.69, 9.17) is 4.74 Å². The number of hydrogen-bond donors (Lipinski definition) is 2. The van der Waals surface area contributed by atoms with Crippen LogP contribution >= 0.6 is 0 Å². The Balaban J connectivity index is 1.91. The summed E-state index contributed by atoms with van der Waals surface area (Å²) in [7, 11) is 1.63. The maximum Gasteiger partial charge on any atom is 0.253 e. The largest absolute Gasteiger partial charge is 0.385 e. The van der Waals surface area contributed by atoms with E-state index in [0.717, 1.165) is 12.0 Å². The lowest BCUT2D eigenvalue weighted by Crippen LogP contribution is -2.26. The van der Waals surface area contributed by atoms with E-state index in [1.165, 1.54) is 5.56 Å². The maximum atomic E-state index is 12.4. The monoisotopic (exact) mass is 396 g/mol. The van der Waals surface area contributed by atoms with Crippen molar-refractivity contribution >= 4 is 17.5 Å². The zero-order valence-corrected chi connectivity index (χ0v) is 17.9. The number of carbonyl (C=O) groups is 2. The molecule has 0 saturated carbocycles. The van der Waals surface area contributed by atoms with Crippen molar-refractivity contribution in [1.82, 2.24) is 5.32 Å². The normalized spacial score (nSPS) is 11.2. The Kier molecular flexibility index (Phi) is 8.40. The van der Waals surface area contributed by atoms with Gasteiger partial charge in [0.25, 0.3) is 5.91 Å². The molecule has 0 saturated heterocycles. The van der Waals surface area contributed by atoms with Crippen molar-refractivity contribution in [3.63, 3.8) is 0 Å². The van der Waals surface area contributed by atoms with Gasteiger partial charge in [-0.2, -0.15) is 0 Å². The number of nitrogens with one attached hydrogen (secondary N) is 2. The molecule has 0 bridgehead atoms. The van der Waals surface area contributed by atoms with E-state index in [0.29, 0.717) is 37.2 Å². The van der Waals surface area contributed by atoms with Crippen molar-refractivity contribution in [3.05, 3.63) is 65.2 Å². The van der Waals surface area contributed by atoms with Gasteiger partial charge in [-0.15, -0.1) is 0 Å². The number of benzene rings is 2. The van der Waals surface area contributed by atoms with Gasteiger partial charge in [0.15, 0.2) is 0 Å². The minimum atomic E-state index is -0.199. The summed E-state index contributed by atoms with van der Waals surface area (Å²) in [6, 6.07) is 15.5. The summed E-state index contributed by atoms with van der Waals surface area (Å²) in [5.74, 6) is -0.306. The van der Waals surface area contributed by atoms with Gasteiger partial charge in [-0.05, 0) is 41.5 Å². The maximum absolute atomic E-state index is 12.4. The average Bonchev–Trinajstić information content (AvgIpc) is 2.69. The highest BCUT2D eigenvalue weighted by Crippen LogP contribution is 2.22. The Morgan fingerprint density at radius 2 is 1.69 bits per heavy atom. The summed E-state index contributed by atoms with van der Waals surface area (Å²) < 4.78 is 4.98. The van der Waals surface area contributed by atoms with E-state index in [2.05, 4.69) is 55.7 Å². The minimum absolute atomic E-state index is 0.107. The van der Waals surface area contributed by atoms with Crippen molar-refractivity contribution in [3.8, 4) is 0 Å². The van der Waals surface area contributed by atoms with Crippen molar-refractivity contribution in [2.45, 2.75) is 45.4 Å². The van der Waals surface area contributed by atoms with Crippen LogP contribution in [-0.2, 0) is 21.4 Å². The summed E-state index contributed by atoms with van der Waals surface area (Å²) in [5.41, 5.74) is 3.51. The van der Waals surface area contributed by atoms with Crippen LogP contribution < -0.4 is 10.6 Å². The molecule has 2 N–H and O–H groups in total. The average molecular weight is 397 g/mol.